The molecule has 2 amide bonds. The number of carbonyl (C=O) groups excluding carboxylic acids is 2. The summed E-state index contributed by atoms with van der Waals surface area (Å²) < 4.78 is 0. The van der Waals surface area contributed by atoms with Crippen LogP contribution in [0.3, 0.4) is 0 Å². The Balaban J connectivity index is 1.88. The lowest BCUT2D eigenvalue weighted by molar-refractivity contribution is -0.139. The number of amides is 2. The van der Waals surface area contributed by atoms with Gasteiger partial charge in [0.15, 0.2) is 0 Å². The summed E-state index contributed by atoms with van der Waals surface area (Å²) in [5, 5.41) is 3.46. The van der Waals surface area contributed by atoms with Crippen LogP contribution in [0.2, 0.25) is 0 Å². The second kappa shape index (κ2) is 5.90. The van der Waals surface area contributed by atoms with Crippen molar-refractivity contribution in [1.82, 2.24) is 15.1 Å². The van der Waals surface area contributed by atoms with Crippen LogP contribution in [0.5, 0.6) is 0 Å². The van der Waals surface area contributed by atoms with Crippen molar-refractivity contribution in [3.05, 3.63) is 0 Å². The number of nitrogens with zero attached hydrogens (tertiary/aromatic N) is 2. The molecule has 1 aliphatic heterocycles. The minimum atomic E-state index is -0.0898. The number of likely N-dealkylation sites (N-methyl/N-ethyl adjacent to an activating group) is 2. The molecular weight excluding hydrogens is 242 g/mol. The molecule has 1 aliphatic carbocycles. The third kappa shape index (κ3) is 3.26. The van der Waals surface area contributed by atoms with E-state index in [4.69, 9.17) is 0 Å². The molecule has 0 radical (unpaired) electrons. The molecule has 1 saturated carbocycles. The molecule has 5 heteroatoms. The highest BCUT2D eigenvalue weighted by Crippen LogP contribution is 2.33. The molecule has 2 aliphatic rings. The van der Waals surface area contributed by atoms with E-state index >= 15 is 0 Å². The van der Waals surface area contributed by atoms with Gasteiger partial charge in [-0.1, -0.05) is 12.8 Å². The molecule has 2 fully saturated rings. The first-order chi connectivity index (χ1) is 8.99. The molecule has 3 atom stereocenters. The summed E-state index contributed by atoms with van der Waals surface area (Å²) in [5.74, 6) is 0.677. The molecule has 0 spiro atoms. The Kier molecular flexibility index (Phi) is 4.45. The summed E-state index contributed by atoms with van der Waals surface area (Å²) in [5.41, 5.74) is 0. The Labute approximate surface area is 115 Å². The van der Waals surface area contributed by atoms with Gasteiger partial charge in [0.2, 0.25) is 11.8 Å². The predicted molar refractivity (Wildman–Crippen MR) is 73.6 cm³/mol. The second-order valence-electron chi connectivity index (χ2n) is 6.09. The lowest BCUT2D eigenvalue weighted by atomic mass is 9.85. The van der Waals surface area contributed by atoms with Gasteiger partial charge in [0.1, 0.15) is 0 Å². The normalized spacial score (nSPS) is 29.7. The van der Waals surface area contributed by atoms with Crippen molar-refractivity contribution in [2.24, 2.45) is 5.92 Å². The minimum Gasteiger partial charge on any atom is -0.347 e. The van der Waals surface area contributed by atoms with Crippen LogP contribution in [0.15, 0.2) is 0 Å². The van der Waals surface area contributed by atoms with Crippen molar-refractivity contribution in [1.29, 1.82) is 0 Å². The fourth-order valence-corrected chi connectivity index (χ4v) is 3.20. The van der Waals surface area contributed by atoms with E-state index in [0.29, 0.717) is 12.0 Å². The Morgan fingerprint density at radius 3 is 2.47 bits per heavy atom. The van der Waals surface area contributed by atoms with E-state index in [1.165, 1.54) is 30.6 Å². The number of hydrogen-bond donors (Lipinski definition) is 1. The zero-order valence-electron chi connectivity index (χ0n) is 12.2. The van der Waals surface area contributed by atoms with E-state index in [0.717, 1.165) is 6.42 Å². The molecule has 1 saturated heterocycles. The first-order valence-electron chi connectivity index (χ1n) is 7.20. The molecule has 108 valence electrons. The summed E-state index contributed by atoms with van der Waals surface area (Å²) in [6.45, 7) is 0.166. The van der Waals surface area contributed by atoms with E-state index in [9.17, 15) is 9.59 Å². The number of nitrogens with one attached hydrogen (secondary N) is 1. The van der Waals surface area contributed by atoms with Gasteiger partial charge in [-0.3, -0.25) is 9.59 Å². The van der Waals surface area contributed by atoms with Gasteiger partial charge >= 0.3 is 0 Å². The Morgan fingerprint density at radius 1 is 1.16 bits per heavy atom. The van der Waals surface area contributed by atoms with Crippen LogP contribution in [0.1, 0.15) is 32.1 Å². The molecule has 0 aromatic carbocycles. The highest BCUT2D eigenvalue weighted by Gasteiger charge is 2.39. The van der Waals surface area contributed by atoms with E-state index in [1.54, 1.807) is 26.0 Å². The van der Waals surface area contributed by atoms with Crippen molar-refractivity contribution >= 4 is 11.8 Å². The van der Waals surface area contributed by atoms with Gasteiger partial charge in [-0.25, -0.2) is 0 Å². The smallest absolute Gasteiger partial charge is 0.241 e. The lowest BCUT2D eigenvalue weighted by Gasteiger charge is -2.24. The molecule has 0 bridgehead atoms. The van der Waals surface area contributed by atoms with Crippen LogP contribution in [-0.4, -0.2) is 61.4 Å². The first-order valence-corrected chi connectivity index (χ1v) is 7.20. The molecule has 0 aromatic heterocycles. The van der Waals surface area contributed by atoms with E-state index in [2.05, 4.69) is 5.32 Å². The minimum absolute atomic E-state index is 0.0359. The highest BCUT2D eigenvalue weighted by atomic mass is 16.2. The van der Waals surface area contributed by atoms with E-state index in [1.807, 2.05) is 0 Å². The van der Waals surface area contributed by atoms with Gasteiger partial charge < -0.3 is 15.1 Å². The van der Waals surface area contributed by atoms with Crippen molar-refractivity contribution in [2.75, 3.05) is 27.7 Å². The average Bonchev–Trinajstić information content (AvgIpc) is 2.81. The molecule has 1 N–H and O–H groups in total. The number of rotatable bonds is 3. The molecular formula is C14H25N3O2. The third-order valence-corrected chi connectivity index (χ3v) is 4.41. The molecule has 5 nitrogen and oxygen atoms in total. The fourth-order valence-electron chi connectivity index (χ4n) is 3.20. The van der Waals surface area contributed by atoms with Crippen LogP contribution < -0.4 is 5.32 Å². The number of fused-ring (bicyclic) bond motifs is 1. The van der Waals surface area contributed by atoms with Crippen molar-refractivity contribution < 1.29 is 9.59 Å². The molecule has 0 aromatic rings. The van der Waals surface area contributed by atoms with Gasteiger partial charge in [0, 0.05) is 27.2 Å². The van der Waals surface area contributed by atoms with Crippen LogP contribution in [-0.2, 0) is 9.59 Å². The summed E-state index contributed by atoms with van der Waals surface area (Å²) in [7, 11) is 5.14. The summed E-state index contributed by atoms with van der Waals surface area (Å²) in [6, 6.07) is 0.425. The molecule has 19 heavy (non-hydrogen) atoms. The third-order valence-electron chi connectivity index (χ3n) is 4.41. The largest absolute Gasteiger partial charge is 0.347 e. The van der Waals surface area contributed by atoms with Gasteiger partial charge in [0.05, 0.1) is 12.6 Å². The van der Waals surface area contributed by atoms with Gasteiger partial charge in [-0.15, -0.1) is 0 Å². The van der Waals surface area contributed by atoms with Crippen molar-refractivity contribution in [2.45, 2.75) is 44.2 Å². The number of carbonyl (C=O) groups is 2. The quantitative estimate of drug-likeness (QED) is 0.808. The Morgan fingerprint density at radius 2 is 1.84 bits per heavy atom. The zero-order chi connectivity index (χ0) is 14.0. The predicted octanol–water partition coefficient (Wildman–Crippen LogP) is 0.454. The maximum atomic E-state index is 12.3. The molecule has 2 rings (SSSR count). The number of hydrogen-bond acceptors (Lipinski definition) is 3. The fraction of sp³-hybridized carbons (Fsp3) is 0.857. The van der Waals surface area contributed by atoms with Crippen molar-refractivity contribution in [3.63, 3.8) is 0 Å². The highest BCUT2D eigenvalue weighted by molar-refractivity contribution is 5.87. The van der Waals surface area contributed by atoms with E-state index in [-0.39, 0.29) is 24.4 Å². The van der Waals surface area contributed by atoms with E-state index < -0.39 is 0 Å². The Bertz CT molecular complexity index is 343. The maximum absolute atomic E-state index is 12.3. The summed E-state index contributed by atoms with van der Waals surface area (Å²) in [6.07, 6.45) is 5.92. The first kappa shape index (κ1) is 14.3. The van der Waals surface area contributed by atoms with Crippen LogP contribution >= 0.6 is 0 Å². The van der Waals surface area contributed by atoms with Gasteiger partial charge in [-0.2, -0.15) is 0 Å². The van der Waals surface area contributed by atoms with Crippen LogP contribution in [0.25, 0.3) is 0 Å². The average molecular weight is 267 g/mol. The zero-order valence-corrected chi connectivity index (χ0v) is 12.2. The standard InChI is InChI=1S/C14H25N3O2/c1-16(2)13(18)9-17(3)14(19)12-8-10-6-4-5-7-11(10)15-12/h10-12,15H,4-9H2,1-3H3. The van der Waals surface area contributed by atoms with Crippen molar-refractivity contribution in [3.8, 4) is 0 Å². The molecule has 1 heterocycles. The maximum Gasteiger partial charge on any atom is 0.241 e. The topological polar surface area (TPSA) is 52.7 Å². The summed E-state index contributed by atoms with van der Waals surface area (Å²) >= 11 is 0. The molecule has 3 unspecified atom stereocenters. The van der Waals surface area contributed by atoms with Crippen LogP contribution in [0, 0.1) is 5.92 Å². The monoisotopic (exact) mass is 267 g/mol. The lowest BCUT2D eigenvalue weighted by Crippen LogP contribution is -2.46. The SMILES string of the molecule is CN(C)C(=O)CN(C)C(=O)C1CC2CCCCC2N1. The van der Waals surface area contributed by atoms with Gasteiger partial charge in [0.25, 0.3) is 0 Å². The second-order valence-corrected chi connectivity index (χ2v) is 6.09. The summed E-state index contributed by atoms with van der Waals surface area (Å²) in [4.78, 5) is 27.0. The van der Waals surface area contributed by atoms with Crippen LogP contribution in [0.4, 0.5) is 0 Å². The van der Waals surface area contributed by atoms with Gasteiger partial charge in [-0.05, 0) is 25.2 Å². The Hall–Kier alpha value is -1.10.